The van der Waals surface area contributed by atoms with Crippen LogP contribution < -0.4 is 5.30 Å². The molecule has 0 spiro atoms. The van der Waals surface area contributed by atoms with Crippen molar-refractivity contribution in [1.82, 2.24) is 0 Å². The van der Waals surface area contributed by atoms with Crippen molar-refractivity contribution in [1.29, 1.82) is 0 Å². The third kappa shape index (κ3) is 6.16. The fourth-order valence-corrected chi connectivity index (χ4v) is 5.39. The predicted molar refractivity (Wildman–Crippen MR) is 88.0 cm³/mol. The van der Waals surface area contributed by atoms with E-state index < -0.39 is 18.4 Å². The maximum Gasteiger partial charge on any atom is 0.420 e. The minimum Gasteiger partial charge on any atom is -0.166 e. The summed E-state index contributed by atoms with van der Waals surface area (Å²) in [5.41, 5.74) is -0.568. The van der Waals surface area contributed by atoms with Crippen LogP contribution in [0.4, 0.5) is 13.2 Å². The minimum absolute atomic E-state index is 0.299. The monoisotopic (exact) mass is 339 g/mol. The third-order valence-electron chi connectivity index (χ3n) is 3.64. The van der Waals surface area contributed by atoms with Crippen molar-refractivity contribution in [3.05, 3.63) is 29.8 Å². The number of halogens is 4. The molecular weight excluding hydrogens is 316 g/mol. The lowest BCUT2D eigenvalue weighted by Gasteiger charge is -2.18. The van der Waals surface area contributed by atoms with Gasteiger partial charge in [0.25, 0.3) is 0 Å². The molecule has 0 bridgehead atoms. The molecule has 0 aliphatic carbocycles. The second-order valence-corrected chi connectivity index (χ2v) is 10.9. The summed E-state index contributed by atoms with van der Waals surface area (Å²) in [7, 11) is 0. The molecule has 21 heavy (non-hydrogen) atoms. The normalized spacial score (nSPS) is 15.0. The summed E-state index contributed by atoms with van der Waals surface area (Å²) < 4.78 is 39.2. The molecule has 0 aliphatic rings. The molecule has 0 fully saturated rings. The largest absolute Gasteiger partial charge is 0.420 e. The Morgan fingerprint density at radius 3 is 2.19 bits per heavy atom. The molecule has 5 heteroatoms. The summed E-state index contributed by atoms with van der Waals surface area (Å²) in [6.07, 6.45) is 3.07. The van der Waals surface area contributed by atoms with Gasteiger partial charge in [-0.25, -0.2) is 0 Å². The average Bonchev–Trinajstić information content (AvgIpc) is 2.42. The first kappa shape index (κ1) is 18.8. The number of unbranched alkanes of at least 4 members (excludes halogenated alkanes) is 5. The van der Waals surface area contributed by atoms with E-state index in [9.17, 15) is 13.2 Å². The highest BCUT2D eigenvalue weighted by Crippen LogP contribution is 2.61. The molecule has 1 atom stereocenters. The number of alkyl halides is 3. The van der Waals surface area contributed by atoms with E-state index in [4.69, 9.17) is 11.2 Å². The van der Waals surface area contributed by atoms with E-state index in [2.05, 4.69) is 6.92 Å². The summed E-state index contributed by atoms with van der Waals surface area (Å²) in [6.45, 7) is 1.73. The summed E-state index contributed by atoms with van der Waals surface area (Å²) in [4.78, 5) is 0. The Labute approximate surface area is 131 Å². The molecule has 0 radical (unpaired) electrons. The van der Waals surface area contributed by atoms with Gasteiger partial charge in [-0.3, -0.25) is 0 Å². The van der Waals surface area contributed by atoms with Gasteiger partial charge in [0.2, 0.25) is 0 Å². The fraction of sp³-hybridized carbons (Fsp3) is 0.625. The Morgan fingerprint density at radius 2 is 1.57 bits per heavy atom. The fourth-order valence-electron chi connectivity index (χ4n) is 2.43. The van der Waals surface area contributed by atoms with Gasteiger partial charge >= 0.3 is 6.18 Å². The number of benzene rings is 1. The van der Waals surface area contributed by atoms with Crippen LogP contribution in [-0.4, -0.2) is 12.8 Å². The second kappa shape index (κ2) is 8.39. The van der Waals surface area contributed by atoms with Gasteiger partial charge in [0, 0.05) is 0 Å². The lowest BCUT2D eigenvalue weighted by atomic mass is 10.1. The molecule has 0 aliphatic heterocycles. The minimum atomic E-state index is -4.33. The SMILES string of the molecule is CCCCCCCC[P+](C)(Cl)c1ccccc1C(F)(F)F. The molecule has 1 aromatic carbocycles. The van der Waals surface area contributed by atoms with Crippen molar-refractivity contribution in [2.75, 3.05) is 12.8 Å². The molecule has 0 amide bonds. The summed E-state index contributed by atoms with van der Waals surface area (Å²) in [5.74, 6) is 0. The van der Waals surface area contributed by atoms with Gasteiger partial charge in [-0.2, -0.15) is 13.2 Å². The molecular formula is C16H24ClF3P+. The maximum atomic E-state index is 13.1. The highest BCUT2D eigenvalue weighted by Gasteiger charge is 2.43. The van der Waals surface area contributed by atoms with Crippen LogP contribution in [0.1, 0.15) is 51.0 Å². The van der Waals surface area contributed by atoms with E-state index in [1.165, 1.54) is 25.3 Å². The number of hydrogen-bond donors (Lipinski definition) is 0. The quantitative estimate of drug-likeness (QED) is 0.375. The van der Waals surface area contributed by atoms with Crippen LogP contribution in [0.2, 0.25) is 0 Å². The maximum absolute atomic E-state index is 13.1. The Hall–Kier alpha value is -0.270. The lowest BCUT2D eigenvalue weighted by Crippen LogP contribution is -2.21. The smallest absolute Gasteiger partial charge is 0.166 e. The number of hydrogen-bond acceptors (Lipinski definition) is 0. The lowest BCUT2D eigenvalue weighted by molar-refractivity contribution is -0.136. The molecule has 120 valence electrons. The van der Waals surface area contributed by atoms with E-state index >= 15 is 0 Å². The van der Waals surface area contributed by atoms with Gasteiger partial charge < -0.3 is 0 Å². The zero-order chi connectivity index (χ0) is 15.9. The Bertz CT molecular complexity index is 430. The van der Waals surface area contributed by atoms with E-state index in [-0.39, 0.29) is 0 Å². The summed E-state index contributed by atoms with van der Waals surface area (Å²) in [5, 5.41) is 0.299. The van der Waals surface area contributed by atoms with Crippen LogP contribution in [-0.2, 0) is 6.18 Å². The first-order valence-electron chi connectivity index (χ1n) is 7.51. The van der Waals surface area contributed by atoms with Crippen LogP contribution in [0.3, 0.4) is 0 Å². The highest BCUT2D eigenvalue weighted by atomic mass is 35.7. The zero-order valence-corrected chi connectivity index (χ0v) is 14.4. The molecule has 1 unspecified atom stereocenters. The molecule has 0 nitrogen and oxygen atoms in total. The molecule has 0 aromatic heterocycles. The van der Waals surface area contributed by atoms with Crippen LogP contribution >= 0.6 is 17.9 Å². The molecule has 0 saturated carbocycles. The summed E-state index contributed by atoms with van der Waals surface area (Å²) >= 11 is 6.52. The van der Waals surface area contributed by atoms with Crippen LogP contribution in [0.15, 0.2) is 24.3 Å². The van der Waals surface area contributed by atoms with Crippen LogP contribution in [0.25, 0.3) is 0 Å². The Kier molecular flexibility index (Phi) is 7.50. The first-order chi connectivity index (χ1) is 9.79. The standard InChI is InChI=1S/C16H24ClF3P/c1-3-4-5-6-7-10-13-21(2,17)15-12-9-8-11-14(15)16(18,19)20/h8-9,11-12H,3-7,10,13H2,1-2H3/q+1. The Morgan fingerprint density at radius 1 is 1.00 bits per heavy atom. The van der Waals surface area contributed by atoms with Gasteiger partial charge in [0.1, 0.15) is 11.9 Å². The predicted octanol–water partition coefficient (Wildman–Crippen LogP) is 6.49. The summed E-state index contributed by atoms with van der Waals surface area (Å²) in [6, 6.07) is 5.75. The van der Waals surface area contributed by atoms with Crippen molar-refractivity contribution >= 4 is 23.2 Å². The number of rotatable bonds is 8. The van der Waals surface area contributed by atoms with Gasteiger partial charge in [0.05, 0.1) is 29.6 Å². The van der Waals surface area contributed by atoms with Crippen LogP contribution in [0.5, 0.6) is 0 Å². The van der Waals surface area contributed by atoms with E-state index in [0.717, 1.165) is 25.3 Å². The van der Waals surface area contributed by atoms with E-state index in [1.807, 2.05) is 0 Å². The molecule has 1 rings (SSSR count). The average molecular weight is 340 g/mol. The van der Waals surface area contributed by atoms with Crippen molar-refractivity contribution in [2.24, 2.45) is 0 Å². The molecule has 0 saturated heterocycles. The van der Waals surface area contributed by atoms with Gasteiger partial charge in [-0.05, 0) is 25.0 Å². The highest BCUT2D eigenvalue weighted by molar-refractivity contribution is 8.04. The van der Waals surface area contributed by atoms with Crippen molar-refractivity contribution in [3.8, 4) is 0 Å². The Balaban J connectivity index is 2.66. The van der Waals surface area contributed by atoms with Crippen LogP contribution in [0, 0.1) is 0 Å². The van der Waals surface area contributed by atoms with E-state index in [0.29, 0.717) is 11.5 Å². The molecule has 0 N–H and O–H groups in total. The molecule has 0 heterocycles. The van der Waals surface area contributed by atoms with Crippen molar-refractivity contribution in [2.45, 2.75) is 51.6 Å². The molecule has 1 aromatic rings. The van der Waals surface area contributed by atoms with Gasteiger partial charge in [-0.1, -0.05) is 44.7 Å². The first-order valence-corrected chi connectivity index (χ1v) is 10.8. The van der Waals surface area contributed by atoms with Gasteiger partial charge in [0.15, 0.2) is 0 Å². The van der Waals surface area contributed by atoms with Crippen molar-refractivity contribution < 1.29 is 13.2 Å². The van der Waals surface area contributed by atoms with E-state index in [1.54, 1.807) is 18.8 Å². The van der Waals surface area contributed by atoms with Gasteiger partial charge in [-0.15, -0.1) is 0 Å². The third-order valence-corrected chi connectivity index (χ3v) is 7.25. The second-order valence-electron chi connectivity index (χ2n) is 5.58. The zero-order valence-electron chi connectivity index (χ0n) is 12.7. The topological polar surface area (TPSA) is 0 Å². The van der Waals surface area contributed by atoms with Crippen molar-refractivity contribution in [3.63, 3.8) is 0 Å².